The van der Waals surface area contributed by atoms with Gasteiger partial charge in [-0.1, -0.05) is 61.3 Å². The maximum Gasteiger partial charge on any atom is 0.159 e. The van der Waals surface area contributed by atoms with Crippen LogP contribution in [0.25, 0.3) is 5.57 Å². The largest absolute Gasteiger partial charge is 0.497 e. The van der Waals surface area contributed by atoms with Crippen molar-refractivity contribution in [2.75, 3.05) is 7.11 Å². The van der Waals surface area contributed by atoms with Crippen molar-refractivity contribution in [3.8, 4) is 5.75 Å². The number of ether oxygens (including phenoxy) is 1. The third-order valence-electron chi connectivity index (χ3n) is 4.83. The van der Waals surface area contributed by atoms with E-state index in [1.54, 1.807) is 14.0 Å². The number of benzene rings is 2. The number of carbonyl (C=O) groups is 1. The molecular formula is C24H25NO2Si. The summed E-state index contributed by atoms with van der Waals surface area (Å²) >= 11 is 0. The minimum absolute atomic E-state index is 0.0738. The van der Waals surface area contributed by atoms with Gasteiger partial charge in [0.1, 0.15) is 13.8 Å². The van der Waals surface area contributed by atoms with Gasteiger partial charge >= 0.3 is 0 Å². The fraction of sp³-hybridized carbons (Fsp3) is 0.167. The predicted octanol–water partition coefficient (Wildman–Crippen LogP) is 4.88. The maximum atomic E-state index is 11.7. The Labute approximate surface area is 167 Å². The van der Waals surface area contributed by atoms with Crippen molar-refractivity contribution in [1.29, 1.82) is 0 Å². The molecule has 4 heteroatoms. The molecule has 0 amide bonds. The highest BCUT2D eigenvalue weighted by atomic mass is 28.3. The van der Waals surface area contributed by atoms with Crippen LogP contribution in [0.5, 0.6) is 5.75 Å². The van der Waals surface area contributed by atoms with Crippen molar-refractivity contribution in [2.45, 2.75) is 20.0 Å². The second kappa shape index (κ2) is 8.36. The Kier molecular flexibility index (Phi) is 5.90. The first-order valence-corrected chi connectivity index (χ1v) is 12.4. The molecule has 0 aliphatic carbocycles. The van der Waals surface area contributed by atoms with E-state index in [0.29, 0.717) is 0 Å². The first kappa shape index (κ1) is 19.8. The molecule has 0 spiro atoms. The van der Waals surface area contributed by atoms with E-state index in [0.717, 1.165) is 33.3 Å². The summed E-state index contributed by atoms with van der Waals surface area (Å²) in [4.78, 5) is 16.3. The van der Waals surface area contributed by atoms with Crippen LogP contribution in [0.2, 0.25) is 13.1 Å². The Balaban J connectivity index is 2.11. The monoisotopic (exact) mass is 387 g/mol. The first-order valence-electron chi connectivity index (χ1n) is 9.31. The van der Waals surface area contributed by atoms with Crippen molar-refractivity contribution in [3.63, 3.8) is 0 Å². The van der Waals surface area contributed by atoms with Crippen LogP contribution in [0.3, 0.4) is 0 Å². The third kappa shape index (κ3) is 4.46. The number of methoxy groups -OCH3 is 1. The van der Waals surface area contributed by atoms with Gasteiger partial charge in [-0.25, -0.2) is 0 Å². The van der Waals surface area contributed by atoms with E-state index in [1.165, 1.54) is 0 Å². The minimum Gasteiger partial charge on any atom is -0.497 e. The number of hydrogen-bond donors (Lipinski definition) is 0. The normalized spacial score (nSPS) is 11.9. The molecule has 0 bridgehead atoms. The van der Waals surface area contributed by atoms with Crippen LogP contribution in [-0.2, 0) is 0 Å². The van der Waals surface area contributed by atoms with Crippen LogP contribution in [0.1, 0.15) is 28.4 Å². The van der Waals surface area contributed by atoms with Gasteiger partial charge in [0.05, 0.1) is 7.11 Å². The Morgan fingerprint density at radius 3 is 1.96 bits per heavy atom. The molecule has 142 valence electrons. The van der Waals surface area contributed by atoms with Gasteiger partial charge in [0, 0.05) is 17.1 Å². The smallest absolute Gasteiger partial charge is 0.159 e. The van der Waals surface area contributed by atoms with E-state index >= 15 is 0 Å². The van der Waals surface area contributed by atoms with E-state index < -0.39 is 8.07 Å². The number of pyridine rings is 1. The highest BCUT2D eigenvalue weighted by Gasteiger charge is 2.24. The third-order valence-corrected chi connectivity index (χ3v) is 7.46. The molecule has 0 N–H and O–H groups in total. The zero-order valence-electron chi connectivity index (χ0n) is 16.8. The highest BCUT2D eigenvalue weighted by molar-refractivity contribution is 6.94. The van der Waals surface area contributed by atoms with Gasteiger partial charge in [-0.3, -0.25) is 9.78 Å². The first-order chi connectivity index (χ1) is 13.4. The fourth-order valence-corrected chi connectivity index (χ4v) is 5.30. The van der Waals surface area contributed by atoms with E-state index in [9.17, 15) is 4.79 Å². The summed E-state index contributed by atoms with van der Waals surface area (Å²) in [6, 6.07) is 22.0. The zero-order chi connectivity index (χ0) is 20.1. The number of nitrogens with zero attached hydrogens (tertiary/aromatic N) is 1. The van der Waals surface area contributed by atoms with Crippen molar-refractivity contribution in [2.24, 2.45) is 0 Å². The minimum atomic E-state index is -1.94. The van der Waals surface area contributed by atoms with Crippen LogP contribution < -0.4 is 10.1 Å². The lowest BCUT2D eigenvalue weighted by Crippen LogP contribution is -2.41. The highest BCUT2D eigenvalue weighted by Crippen LogP contribution is 2.28. The maximum absolute atomic E-state index is 11.7. The molecule has 0 radical (unpaired) electrons. The number of rotatable bonds is 6. The van der Waals surface area contributed by atoms with Crippen LogP contribution >= 0.6 is 0 Å². The molecule has 1 aromatic heterocycles. The molecule has 0 unspecified atom stereocenters. The summed E-state index contributed by atoms with van der Waals surface area (Å²) in [7, 11) is -0.267. The molecule has 0 aliphatic rings. The zero-order valence-corrected chi connectivity index (χ0v) is 17.8. The van der Waals surface area contributed by atoms with Gasteiger partial charge in [-0.2, -0.15) is 0 Å². The summed E-state index contributed by atoms with van der Waals surface area (Å²) in [6.07, 6.45) is 1.85. The van der Waals surface area contributed by atoms with Crippen LogP contribution in [0.15, 0.2) is 78.6 Å². The summed E-state index contributed by atoms with van der Waals surface area (Å²) in [6.45, 7) is 6.18. The average molecular weight is 388 g/mol. The lowest BCUT2D eigenvalue weighted by molar-refractivity contribution is 0.101. The molecule has 3 nitrogen and oxygen atoms in total. The van der Waals surface area contributed by atoms with Crippen LogP contribution in [-0.4, -0.2) is 26.0 Å². The van der Waals surface area contributed by atoms with Gasteiger partial charge in [-0.15, -0.1) is 0 Å². The number of hydrogen-bond acceptors (Lipinski definition) is 3. The standard InChI is InChI=1S/C24H25NO2Si/c1-18(26)19-8-10-20(11-9-19)23(21-12-14-22(27-2)15-13-21)17-28(3,4)24-7-5-6-16-25-24/h5-17H,1-4H3/b23-17+. The molecule has 3 aromatic rings. The Hall–Kier alpha value is -2.98. The summed E-state index contributed by atoms with van der Waals surface area (Å²) < 4.78 is 5.31. The molecule has 0 aliphatic heterocycles. The SMILES string of the molecule is COc1ccc(/C(=C/[Si](C)(C)c2ccccn2)c2ccc(C(C)=O)cc2)cc1. The predicted molar refractivity (Wildman–Crippen MR) is 118 cm³/mol. The quantitative estimate of drug-likeness (QED) is 0.447. The molecule has 3 rings (SSSR count). The molecule has 0 fully saturated rings. The van der Waals surface area contributed by atoms with E-state index in [2.05, 4.69) is 42.0 Å². The molecule has 0 saturated heterocycles. The lowest BCUT2D eigenvalue weighted by atomic mass is 9.98. The lowest BCUT2D eigenvalue weighted by Gasteiger charge is -2.20. The number of ketones is 1. The van der Waals surface area contributed by atoms with Gasteiger partial charge < -0.3 is 4.74 Å². The van der Waals surface area contributed by atoms with Crippen molar-refractivity contribution in [3.05, 3.63) is 95.3 Å². The van der Waals surface area contributed by atoms with Gasteiger partial charge in [0.25, 0.3) is 0 Å². The number of aromatic nitrogens is 1. The molecule has 28 heavy (non-hydrogen) atoms. The molecule has 0 atom stereocenters. The number of carbonyl (C=O) groups excluding carboxylic acids is 1. The molecular weight excluding hydrogens is 362 g/mol. The van der Waals surface area contributed by atoms with Gasteiger partial charge in [0.2, 0.25) is 0 Å². The summed E-state index contributed by atoms with van der Waals surface area (Å²) in [5.74, 6) is 0.904. The van der Waals surface area contributed by atoms with E-state index in [-0.39, 0.29) is 5.78 Å². The van der Waals surface area contributed by atoms with E-state index in [4.69, 9.17) is 4.74 Å². The average Bonchev–Trinajstić information content (AvgIpc) is 2.73. The fourth-order valence-electron chi connectivity index (χ4n) is 3.17. The van der Waals surface area contributed by atoms with Crippen molar-refractivity contribution < 1.29 is 9.53 Å². The van der Waals surface area contributed by atoms with Gasteiger partial charge in [0.15, 0.2) is 5.78 Å². The van der Waals surface area contributed by atoms with Crippen molar-refractivity contribution >= 4 is 24.7 Å². The van der Waals surface area contributed by atoms with E-state index in [1.807, 2.05) is 54.7 Å². The second-order valence-corrected chi connectivity index (χ2v) is 11.6. The van der Waals surface area contributed by atoms with Gasteiger partial charge in [-0.05, 0) is 47.9 Å². The summed E-state index contributed by atoms with van der Waals surface area (Å²) in [5, 5.41) is 1.14. The Morgan fingerprint density at radius 2 is 1.46 bits per heavy atom. The molecule has 1 heterocycles. The number of Topliss-reactive ketones (excluding diaryl/α,β-unsaturated/α-hetero) is 1. The van der Waals surface area contributed by atoms with Crippen LogP contribution in [0.4, 0.5) is 0 Å². The topological polar surface area (TPSA) is 39.2 Å². The second-order valence-electron chi connectivity index (χ2n) is 7.36. The summed E-state index contributed by atoms with van der Waals surface area (Å²) in [5.41, 5.74) is 6.46. The molecule has 2 aromatic carbocycles. The Morgan fingerprint density at radius 1 is 0.893 bits per heavy atom. The Bertz CT molecular complexity index is 975. The van der Waals surface area contributed by atoms with Crippen molar-refractivity contribution in [1.82, 2.24) is 4.98 Å². The molecule has 0 saturated carbocycles. The van der Waals surface area contributed by atoms with Crippen LogP contribution in [0, 0.1) is 0 Å².